The molecule has 5 heteroatoms. The second-order valence-corrected chi connectivity index (χ2v) is 5.28. The van der Waals surface area contributed by atoms with Gasteiger partial charge in [-0.15, -0.1) is 11.8 Å². The quantitative estimate of drug-likeness (QED) is 0.801. The Morgan fingerprint density at radius 2 is 2.22 bits per heavy atom. The Balaban J connectivity index is 2.06. The first-order valence-electron chi connectivity index (χ1n) is 5.54. The summed E-state index contributed by atoms with van der Waals surface area (Å²) in [6.45, 7) is 0. The molecule has 0 spiro atoms. The van der Waals surface area contributed by atoms with E-state index in [2.05, 4.69) is 0 Å². The van der Waals surface area contributed by atoms with Crippen molar-refractivity contribution in [3.8, 4) is 0 Å². The summed E-state index contributed by atoms with van der Waals surface area (Å²) in [5.74, 6) is 0.692. The van der Waals surface area contributed by atoms with Gasteiger partial charge in [0.2, 0.25) is 5.91 Å². The van der Waals surface area contributed by atoms with Gasteiger partial charge in [0, 0.05) is 17.6 Å². The monoisotopic (exact) mass is 260 g/mol. The maximum atomic E-state index is 12.3. The second-order valence-electron chi connectivity index (χ2n) is 4.14. The standard InChI is InChI=1S/C13H12N2O2S/c1-15-9-5-4-8(14)7-11(9)18-12(13(15)16)10-3-2-6-17-10/h2-7,12H,14H2,1H3. The van der Waals surface area contributed by atoms with E-state index in [0.717, 1.165) is 10.6 Å². The van der Waals surface area contributed by atoms with Gasteiger partial charge in [0.1, 0.15) is 11.0 Å². The Labute approximate surface area is 109 Å². The molecule has 1 atom stereocenters. The number of rotatable bonds is 1. The first-order valence-corrected chi connectivity index (χ1v) is 6.42. The summed E-state index contributed by atoms with van der Waals surface area (Å²) in [6, 6.07) is 9.17. The first kappa shape index (κ1) is 11.2. The number of nitrogens with two attached hydrogens (primary N) is 1. The highest BCUT2D eigenvalue weighted by Crippen LogP contribution is 2.46. The largest absolute Gasteiger partial charge is 0.468 e. The van der Waals surface area contributed by atoms with E-state index in [0.29, 0.717) is 11.4 Å². The Bertz CT molecular complexity index is 595. The number of furan rings is 1. The number of anilines is 2. The lowest BCUT2D eigenvalue weighted by atomic mass is 10.2. The highest BCUT2D eigenvalue weighted by Gasteiger charge is 2.34. The van der Waals surface area contributed by atoms with Gasteiger partial charge < -0.3 is 15.1 Å². The molecule has 0 fully saturated rings. The minimum Gasteiger partial charge on any atom is -0.468 e. The zero-order chi connectivity index (χ0) is 12.7. The van der Waals surface area contributed by atoms with Crippen LogP contribution in [0.2, 0.25) is 0 Å². The van der Waals surface area contributed by atoms with E-state index in [1.54, 1.807) is 30.3 Å². The molecule has 0 radical (unpaired) electrons. The van der Waals surface area contributed by atoms with Crippen molar-refractivity contribution in [3.63, 3.8) is 0 Å². The van der Waals surface area contributed by atoms with Crippen LogP contribution in [-0.2, 0) is 4.79 Å². The number of carbonyl (C=O) groups is 1. The Kier molecular flexibility index (Phi) is 2.56. The highest BCUT2D eigenvalue weighted by molar-refractivity contribution is 8.00. The lowest BCUT2D eigenvalue weighted by Gasteiger charge is -2.30. The van der Waals surface area contributed by atoms with Crippen LogP contribution in [0, 0.1) is 0 Å². The molecule has 3 rings (SSSR count). The molecule has 1 aromatic heterocycles. The van der Waals surface area contributed by atoms with E-state index in [1.165, 1.54) is 11.8 Å². The van der Waals surface area contributed by atoms with Crippen LogP contribution in [-0.4, -0.2) is 13.0 Å². The van der Waals surface area contributed by atoms with E-state index < -0.39 is 0 Å². The Hall–Kier alpha value is -1.88. The third-order valence-corrected chi connectivity index (χ3v) is 4.20. The summed E-state index contributed by atoms with van der Waals surface area (Å²) in [4.78, 5) is 14.9. The molecule has 18 heavy (non-hydrogen) atoms. The van der Waals surface area contributed by atoms with Gasteiger partial charge >= 0.3 is 0 Å². The molecule has 1 aromatic carbocycles. The molecule has 2 N–H and O–H groups in total. The zero-order valence-corrected chi connectivity index (χ0v) is 10.6. The number of thioether (sulfide) groups is 1. The van der Waals surface area contributed by atoms with Crippen molar-refractivity contribution >= 4 is 29.0 Å². The molecule has 0 aliphatic carbocycles. The summed E-state index contributed by atoms with van der Waals surface area (Å²) in [7, 11) is 1.77. The fraction of sp³-hybridized carbons (Fsp3) is 0.154. The van der Waals surface area contributed by atoms with Crippen LogP contribution < -0.4 is 10.6 Å². The lowest BCUT2D eigenvalue weighted by Crippen LogP contribution is -2.33. The van der Waals surface area contributed by atoms with Gasteiger partial charge in [0.15, 0.2) is 0 Å². The van der Waals surface area contributed by atoms with Crippen LogP contribution in [0.5, 0.6) is 0 Å². The van der Waals surface area contributed by atoms with Crippen molar-refractivity contribution in [2.24, 2.45) is 0 Å². The lowest BCUT2D eigenvalue weighted by molar-refractivity contribution is -0.118. The number of benzene rings is 1. The van der Waals surface area contributed by atoms with E-state index >= 15 is 0 Å². The minimum absolute atomic E-state index is 0.0206. The fourth-order valence-corrected chi connectivity index (χ4v) is 3.29. The normalized spacial score (nSPS) is 18.8. The fourth-order valence-electron chi connectivity index (χ4n) is 1.99. The Morgan fingerprint density at radius 3 is 2.94 bits per heavy atom. The molecule has 92 valence electrons. The minimum atomic E-state index is -0.334. The van der Waals surface area contributed by atoms with Gasteiger partial charge in [0.05, 0.1) is 12.0 Å². The maximum absolute atomic E-state index is 12.3. The number of nitrogen functional groups attached to an aromatic ring is 1. The SMILES string of the molecule is CN1C(=O)C(c2ccco2)Sc2cc(N)ccc21. The third kappa shape index (κ3) is 1.67. The number of carbonyl (C=O) groups excluding carboxylic acids is 1. The van der Waals surface area contributed by atoms with Crippen molar-refractivity contribution < 1.29 is 9.21 Å². The van der Waals surface area contributed by atoms with Gasteiger partial charge in [-0.1, -0.05) is 0 Å². The molecule has 1 aliphatic rings. The average Bonchev–Trinajstić information content (AvgIpc) is 2.87. The molecule has 2 heterocycles. The Morgan fingerprint density at radius 1 is 1.39 bits per heavy atom. The summed E-state index contributed by atoms with van der Waals surface area (Å²) in [5, 5.41) is -0.334. The smallest absolute Gasteiger partial charge is 0.248 e. The number of hydrogen-bond donors (Lipinski definition) is 1. The second kappa shape index (κ2) is 4.10. The van der Waals surface area contributed by atoms with Gasteiger partial charge in [-0.05, 0) is 30.3 Å². The van der Waals surface area contributed by atoms with Crippen molar-refractivity contribution in [3.05, 3.63) is 42.4 Å². The average molecular weight is 260 g/mol. The molecule has 1 unspecified atom stereocenters. The van der Waals surface area contributed by atoms with Gasteiger partial charge in [-0.3, -0.25) is 4.79 Å². The summed E-state index contributed by atoms with van der Waals surface area (Å²) < 4.78 is 5.34. The molecule has 0 bridgehead atoms. The van der Waals surface area contributed by atoms with Gasteiger partial charge in [-0.2, -0.15) is 0 Å². The van der Waals surface area contributed by atoms with Crippen LogP contribution in [0.3, 0.4) is 0 Å². The molecule has 1 aliphatic heterocycles. The molecule has 4 nitrogen and oxygen atoms in total. The summed E-state index contributed by atoms with van der Waals surface area (Å²) >= 11 is 1.48. The third-order valence-electron chi connectivity index (χ3n) is 2.95. The van der Waals surface area contributed by atoms with Crippen molar-refractivity contribution in [2.75, 3.05) is 17.7 Å². The van der Waals surface area contributed by atoms with Crippen LogP contribution in [0.25, 0.3) is 0 Å². The maximum Gasteiger partial charge on any atom is 0.248 e. The van der Waals surface area contributed by atoms with Crippen molar-refractivity contribution in [2.45, 2.75) is 10.1 Å². The zero-order valence-electron chi connectivity index (χ0n) is 9.79. The van der Waals surface area contributed by atoms with Crippen molar-refractivity contribution in [1.82, 2.24) is 0 Å². The van der Waals surface area contributed by atoms with Crippen LogP contribution in [0.4, 0.5) is 11.4 Å². The van der Waals surface area contributed by atoms with E-state index in [1.807, 2.05) is 18.2 Å². The predicted molar refractivity (Wildman–Crippen MR) is 71.6 cm³/mol. The van der Waals surface area contributed by atoms with E-state index in [9.17, 15) is 4.79 Å². The van der Waals surface area contributed by atoms with Gasteiger partial charge in [-0.25, -0.2) is 0 Å². The topological polar surface area (TPSA) is 59.5 Å². The summed E-state index contributed by atoms with van der Waals surface area (Å²) in [5.41, 5.74) is 7.37. The van der Waals surface area contributed by atoms with E-state index in [-0.39, 0.29) is 11.2 Å². The number of likely N-dealkylation sites (N-methyl/N-ethyl adjacent to an activating group) is 1. The van der Waals surface area contributed by atoms with Gasteiger partial charge in [0.25, 0.3) is 0 Å². The molecule has 0 saturated heterocycles. The highest BCUT2D eigenvalue weighted by atomic mass is 32.2. The van der Waals surface area contributed by atoms with Crippen LogP contribution in [0.15, 0.2) is 45.9 Å². The molecule has 2 aromatic rings. The first-order chi connectivity index (χ1) is 8.66. The van der Waals surface area contributed by atoms with Crippen LogP contribution in [0.1, 0.15) is 11.0 Å². The number of fused-ring (bicyclic) bond motifs is 1. The van der Waals surface area contributed by atoms with E-state index in [4.69, 9.17) is 10.2 Å². The van der Waals surface area contributed by atoms with Crippen molar-refractivity contribution in [1.29, 1.82) is 0 Å². The number of hydrogen-bond acceptors (Lipinski definition) is 4. The molecule has 1 amide bonds. The number of amides is 1. The molecular formula is C13H12N2O2S. The molecule has 0 saturated carbocycles. The molecular weight excluding hydrogens is 248 g/mol. The number of nitrogens with zero attached hydrogens (tertiary/aromatic N) is 1. The summed E-state index contributed by atoms with van der Waals surface area (Å²) in [6.07, 6.45) is 1.58. The van der Waals surface area contributed by atoms with Crippen LogP contribution >= 0.6 is 11.8 Å². The predicted octanol–water partition coefficient (Wildman–Crippen LogP) is 2.67.